The van der Waals surface area contributed by atoms with E-state index in [1.165, 1.54) is 18.3 Å². The van der Waals surface area contributed by atoms with E-state index in [2.05, 4.69) is 25.8 Å². The van der Waals surface area contributed by atoms with Crippen LogP contribution in [0.4, 0.5) is 21.8 Å². The number of halogens is 2. The van der Waals surface area contributed by atoms with Crippen LogP contribution in [0.2, 0.25) is 5.02 Å². The first kappa shape index (κ1) is 16.1. The molecule has 0 saturated heterocycles. The van der Waals surface area contributed by atoms with Crippen LogP contribution in [0.5, 0.6) is 0 Å². The molecular formula is C17H15ClFN5. The molecule has 3 aromatic rings. The van der Waals surface area contributed by atoms with Gasteiger partial charge < -0.3 is 10.6 Å². The average molecular weight is 344 g/mol. The number of nitrogens with one attached hydrogen (secondary N) is 2. The summed E-state index contributed by atoms with van der Waals surface area (Å²) in [5, 5.41) is 14.8. The van der Waals surface area contributed by atoms with Crippen LogP contribution in [0.1, 0.15) is 11.1 Å². The highest BCUT2D eigenvalue weighted by Gasteiger charge is 2.05. The van der Waals surface area contributed by atoms with E-state index >= 15 is 0 Å². The second-order valence-electron chi connectivity index (χ2n) is 5.18. The minimum absolute atomic E-state index is 0.258. The van der Waals surface area contributed by atoms with Crippen molar-refractivity contribution in [1.29, 1.82) is 0 Å². The number of nitrogens with zero attached hydrogens (tertiary/aromatic N) is 3. The van der Waals surface area contributed by atoms with Crippen molar-refractivity contribution >= 4 is 29.1 Å². The molecule has 7 heteroatoms. The minimum Gasteiger partial charge on any atom is -0.365 e. The molecule has 5 nitrogen and oxygen atoms in total. The Morgan fingerprint density at radius 3 is 2.71 bits per heavy atom. The standard InChI is InChI=1S/C17H15ClFN5/c1-11-14(18)3-2-4-15(11)22-17-23-16(10-21-24-17)20-9-12-5-7-13(19)8-6-12/h2-8,10H,9H2,1H3,(H2,20,22,23,24). The smallest absolute Gasteiger partial charge is 0.249 e. The van der Waals surface area contributed by atoms with Gasteiger partial charge in [-0.1, -0.05) is 29.8 Å². The summed E-state index contributed by atoms with van der Waals surface area (Å²) >= 11 is 6.10. The Kier molecular flexibility index (Phi) is 4.86. The predicted molar refractivity (Wildman–Crippen MR) is 93.0 cm³/mol. The Balaban J connectivity index is 1.69. The van der Waals surface area contributed by atoms with Gasteiger partial charge in [0.05, 0.1) is 6.20 Å². The van der Waals surface area contributed by atoms with Crippen molar-refractivity contribution in [2.24, 2.45) is 0 Å². The molecule has 0 fully saturated rings. The van der Waals surface area contributed by atoms with Gasteiger partial charge in [0, 0.05) is 17.3 Å². The van der Waals surface area contributed by atoms with Gasteiger partial charge in [0.25, 0.3) is 0 Å². The normalized spacial score (nSPS) is 10.5. The van der Waals surface area contributed by atoms with Crippen LogP contribution >= 0.6 is 11.6 Å². The maximum atomic E-state index is 12.9. The molecule has 122 valence electrons. The molecule has 0 spiro atoms. The number of anilines is 3. The van der Waals surface area contributed by atoms with Crippen LogP contribution in [0, 0.1) is 12.7 Å². The zero-order valence-electron chi connectivity index (χ0n) is 12.9. The molecule has 0 unspecified atom stereocenters. The van der Waals surface area contributed by atoms with E-state index in [0.717, 1.165) is 16.8 Å². The number of rotatable bonds is 5. The molecular weight excluding hydrogens is 329 g/mol. The minimum atomic E-state index is -0.258. The Bertz CT molecular complexity index is 839. The Labute approximate surface area is 143 Å². The summed E-state index contributed by atoms with van der Waals surface area (Å²) in [5.41, 5.74) is 2.67. The van der Waals surface area contributed by atoms with Crippen LogP contribution in [-0.2, 0) is 6.54 Å². The fraction of sp³-hybridized carbons (Fsp3) is 0.118. The van der Waals surface area contributed by atoms with Crippen LogP contribution in [0.15, 0.2) is 48.7 Å². The summed E-state index contributed by atoms with van der Waals surface area (Å²) in [6.45, 7) is 2.42. The molecule has 0 saturated carbocycles. The van der Waals surface area contributed by atoms with E-state index in [-0.39, 0.29) is 5.82 Å². The van der Waals surface area contributed by atoms with E-state index in [9.17, 15) is 4.39 Å². The Morgan fingerprint density at radius 1 is 1.12 bits per heavy atom. The third kappa shape index (κ3) is 3.97. The Morgan fingerprint density at radius 2 is 1.92 bits per heavy atom. The molecule has 2 aromatic carbocycles. The van der Waals surface area contributed by atoms with Crippen LogP contribution in [0.25, 0.3) is 0 Å². The molecule has 1 heterocycles. The molecule has 0 aliphatic carbocycles. The topological polar surface area (TPSA) is 62.7 Å². The van der Waals surface area contributed by atoms with E-state index < -0.39 is 0 Å². The zero-order valence-corrected chi connectivity index (χ0v) is 13.7. The number of benzene rings is 2. The fourth-order valence-electron chi connectivity index (χ4n) is 2.10. The second-order valence-corrected chi connectivity index (χ2v) is 5.59. The number of aromatic nitrogens is 3. The summed E-state index contributed by atoms with van der Waals surface area (Å²) < 4.78 is 12.9. The maximum Gasteiger partial charge on any atom is 0.249 e. The van der Waals surface area contributed by atoms with E-state index in [0.29, 0.717) is 23.3 Å². The summed E-state index contributed by atoms with van der Waals surface area (Å²) in [6.07, 6.45) is 1.53. The van der Waals surface area contributed by atoms with Gasteiger partial charge >= 0.3 is 0 Å². The van der Waals surface area contributed by atoms with Gasteiger partial charge in [-0.3, -0.25) is 0 Å². The van der Waals surface area contributed by atoms with Gasteiger partial charge in [0.2, 0.25) is 5.95 Å². The lowest BCUT2D eigenvalue weighted by molar-refractivity contribution is 0.627. The van der Waals surface area contributed by atoms with E-state index in [1.54, 1.807) is 12.1 Å². The predicted octanol–water partition coefficient (Wildman–Crippen LogP) is 4.33. The van der Waals surface area contributed by atoms with Gasteiger partial charge in [0.1, 0.15) is 5.82 Å². The highest BCUT2D eigenvalue weighted by molar-refractivity contribution is 6.31. The van der Waals surface area contributed by atoms with E-state index in [1.807, 2.05) is 25.1 Å². The molecule has 1 aromatic heterocycles. The molecule has 24 heavy (non-hydrogen) atoms. The average Bonchev–Trinajstić information content (AvgIpc) is 2.59. The lowest BCUT2D eigenvalue weighted by Gasteiger charge is -2.10. The fourth-order valence-corrected chi connectivity index (χ4v) is 2.27. The lowest BCUT2D eigenvalue weighted by atomic mass is 10.2. The third-order valence-corrected chi connectivity index (χ3v) is 3.87. The highest BCUT2D eigenvalue weighted by Crippen LogP contribution is 2.24. The van der Waals surface area contributed by atoms with Crippen molar-refractivity contribution in [3.05, 3.63) is 70.6 Å². The van der Waals surface area contributed by atoms with Crippen molar-refractivity contribution in [3.63, 3.8) is 0 Å². The van der Waals surface area contributed by atoms with Gasteiger partial charge in [0.15, 0.2) is 5.82 Å². The van der Waals surface area contributed by atoms with Crippen molar-refractivity contribution in [1.82, 2.24) is 15.2 Å². The van der Waals surface area contributed by atoms with Crippen LogP contribution in [0.3, 0.4) is 0 Å². The zero-order chi connectivity index (χ0) is 16.9. The number of hydrogen-bond acceptors (Lipinski definition) is 5. The monoisotopic (exact) mass is 343 g/mol. The molecule has 0 atom stereocenters. The molecule has 0 radical (unpaired) electrons. The molecule has 3 rings (SSSR count). The largest absolute Gasteiger partial charge is 0.365 e. The van der Waals surface area contributed by atoms with Crippen molar-refractivity contribution in [3.8, 4) is 0 Å². The summed E-state index contributed by atoms with van der Waals surface area (Å²) in [6, 6.07) is 11.8. The summed E-state index contributed by atoms with van der Waals surface area (Å²) in [4.78, 5) is 4.36. The first-order valence-electron chi connectivity index (χ1n) is 7.32. The Hall–Kier alpha value is -2.73. The van der Waals surface area contributed by atoms with Crippen LogP contribution in [-0.4, -0.2) is 15.2 Å². The van der Waals surface area contributed by atoms with Crippen molar-refractivity contribution in [2.75, 3.05) is 10.6 Å². The molecule has 0 amide bonds. The SMILES string of the molecule is Cc1c(Cl)cccc1Nc1nncc(NCc2ccc(F)cc2)n1. The maximum absolute atomic E-state index is 12.9. The summed E-state index contributed by atoms with van der Waals surface area (Å²) in [7, 11) is 0. The quantitative estimate of drug-likeness (QED) is 0.722. The van der Waals surface area contributed by atoms with Gasteiger partial charge in [-0.25, -0.2) is 4.39 Å². The highest BCUT2D eigenvalue weighted by atomic mass is 35.5. The third-order valence-electron chi connectivity index (χ3n) is 3.46. The lowest BCUT2D eigenvalue weighted by Crippen LogP contribution is -2.06. The first-order chi connectivity index (χ1) is 11.6. The van der Waals surface area contributed by atoms with E-state index in [4.69, 9.17) is 11.6 Å². The van der Waals surface area contributed by atoms with Gasteiger partial charge in [-0.05, 0) is 42.3 Å². The van der Waals surface area contributed by atoms with Gasteiger partial charge in [-0.2, -0.15) is 10.1 Å². The van der Waals surface area contributed by atoms with Crippen molar-refractivity contribution < 1.29 is 4.39 Å². The second kappa shape index (κ2) is 7.23. The number of hydrogen-bond donors (Lipinski definition) is 2. The molecule has 0 aliphatic rings. The first-order valence-corrected chi connectivity index (χ1v) is 7.70. The van der Waals surface area contributed by atoms with Crippen molar-refractivity contribution in [2.45, 2.75) is 13.5 Å². The molecule has 2 N–H and O–H groups in total. The van der Waals surface area contributed by atoms with Crippen LogP contribution < -0.4 is 10.6 Å². The summed E-state index contributed by atoms with van der Waals surface area (Å²) in [5.74, 6) is 0.673. The molecule has 0 bridgehead atoms. The van der Waals surface area contributed by atoms with Gasteiger partial charge in [-0.15, -0.1) is 5.10 Å². The molecule has 0 aliphatic heterocycles.